The minimum atomic E-state index is -0.478. The molecule has 0 atom stereocenters. The topological polar surface area (TPSA) is 46.6 Å². The zero-order valence-corrected chi connectivity index (χ0v) is 13.1. The van der Waals surface area contributed by atoms with Gasteiger partial charge in [0.2, 0.25) is 0 Å². The third-order valence-electron chi connectivity index (χ3n) is 3.78. The van der Waals surface area contributed by atoms with Crippen LogP contribution in [0.15, 0.2) is 23.6 Å². The summed E-state index contributed by atoms with van der Waals surface area (Å²) in [5, 5.41) is 1.94. The number of esters is 1. The van der Waals surface area contributed by atoms with E-state index in [4.69, 9.17) is 4.74 Å². The molecule has 0 spiro atoms. The van der Waals surface area contributed by atoms with E-state index in [0.29, 0.717) is 6.04 Å². The Kier molecular flexibility index (Phi) is 5.99. The molecule has 1 aromatic heterocycles. The number of carbonyl (C=O) groups is 2. The van der Waals surface area contributed by atoms with E-state index in [9.17, 15) is 9.59 Å². The van der Waals surface area contributed by atoms with Crippen molar-refractivity contribution in [2.75, 3.05) is 13.7 Å². The quantitative estimate of drug-likeness (QED) is 0.620. The first kappa shape index (κ1) is 15.8. The van der Waals surface area contributed by atoms with E-state index in [1.165, 1.54) is 25.3 Å². The number of hydrogen-bond donors (Lipinski definition) is 0. The molecule has 114 valence electrons. The lowest BCUT2D eigenvalue weighted by atomic mass is 9.94. The van der Waals surface area contributed by atoms with Gasteiger partial charge >= 0.3 is 5.97 Å². The summed E-state index contributed by atoms with van der Waals surface area (Å²) in [4.78, 5) is 26.3. The summed E-state index contributed by atoms with van der Waals surface area (Å²) in [6, 6.07) is 4.13. The first-order valence-corrected chi connectivity index (χ1v) is 8.19. The number of amides is 1. The summed E-state index contributed by atoms with van der Waals surface area (Å²) in [6.07, 6.45) is 8.75. The average Bonchev–Trinajstić information content (AvgIpc) is 3.04. The van der Waals surface area contributed by atoms with E-state index >= 15 is 0 Å². The van der Waals surface area contributed by atoms with Crippen LogP contribution in [-0.2, 0) is 14.3 Å². The summed E-state index contributed by atoms with van der Waals surface area (Å²) in [6.45, 7) is -0.180. The minimum Gasteiger partial charge on any atom is -0.452 e. The maximum absolute atomic E-state index is 12.0. The molecule has 1 fully saturated rings. The molecule has 21 heavy (non-hydrogen) atoms. The molecule has 1 amide bonds. The highest BCUT2D eigenvalue weighted by atomic mass is 32.1. The van der Waals surface area contributed by atoms with Crippen LogP contribution in [0.3, 0.4) is 0 Å². The molecule has 0 N–H and O–H groups in total. The van der Waals surface area contributed by atoms with Crippen LogP contribution < -0.4 is 0 Å². The highest BCUT2D eigenvalue weighted by Crippen LogP contribution is 2.21. The van der Waals surface area contributed by atoms with Crippen LogP contribution in [0.1, 0.15) is 37.0 Å². The van der Waals surface area contributed by atoms with Crippen LogP contribution in [0.5, 0.6) is 0 Å². The molecule has 2 rings (SSSR count). The van der Waals surface area contributed by atoms with Crippen molar-refractivity contribution in [1.82, 2.24) is 4.90 Å². The lowest BCUT2D eigenvalue weighted by Crippen LogP contribution is -2.40. The molecule has 0 bridgehead atoms. The highest BCUT2D eigenvalue weighted by molar-refractivity contribution is 7.10. The summed E-state index contributed by atoms with van der Waals surface area (Å²) in [5.74, 6) is -0.603. The zero-order chi connectivity index (χ0) is 15.1. The van der Waals surface area contributed by atoms with E-state index in [1.807, 2.05) is 17.5 Å². The molecule has 0 saturated heterocycles. The standard InChI is InChI=1S/C16H21NO3S/c1-17(13-6-3-2-4-7-13)15(18)12-20-16(19)10-9-14-8-5-11-21-14/h5,8-11,13H,2-4,6-7,12H2,1H3. The molecular weight excluding hydrogens is 286 g/mol. The van der Waals surface area contributed by atoms with E-state index in [1.54, 1.807) is 29.4 Å². The number of nitrogens with zero attached hydrogens (tertiary/aromatic N) is 1. The molecule has 1 aliphatic carbocycles. The van der Waals surface area contributed by atoms with Crippen molar-refractivity contribution in [3.63, 3.8) is 0 Å². The number of rotatable bonds is 5. The molecule has 1 heterocycles. The van der Waals surface area contributed by atoms with Crippen molar-refractivity contribution in [3.05, 3.63) is 28.5 Å². The van der Waals surface area contributed by atoms with Crippen molar-refractivity contribution in [1.29, 1.82) is 0 Å². The molecule has 0 aliphatic heterocycles. The molecule has 4 nitrogen and oxygen atoms in total. The van der Waals surface area contributed by atoms with Crippen LogP contribution in [0.4, 0.5) is 0 Å². The second-order valence-electron chi connectivity index (χ2n) is 5.25. The van der Waals surface area contributed by atoms with Gasteiger partial charge in [-0.1, -0.05) is 25.3 Å². The molecule has 5 heteroatoms. The fraction of sp³-hybridized carbons (Fsp3) is 0.500. The van der Waals surface area contributed by atoms with Gasteiger partial charge < -0.3 is 9.64 Å². The van der Waals surface area contributed by atoms with Crippen LogP contribution in [0.25, 0.3) is 6.08 Å². The van der Waals surface area contributed by atoms with E-state index in [-0.39, 0.29) is 12.5 Å². The highest BCUT2D eigenvalue weighted by Gasteiger charge is 2.22. The number of hydrogen-bond acceptors (Lipinski definition) is 4. The third-order valence-corrected chi connectivity index (χ3v) is 4.62. The van der Waals surface area contributed by atoms with E-state index in [0.717, 1.165) is 17.7 Å². The predicted octanol–water partition coefficient (Wildman–Crippen LogP) is 3.10. The Morgan fingerprint density at radius 3 is 2.81 bits per heavy atom. The normalized spacial score (nSPS) is 16.0. The van der Waals surface area contributed by atoms with Gasteiger partial charge in [-0.2, -0.15) is 0 Å². The third kappa shape index (κ3) is 5.01. The smallest absolute Gasteiger partial charge is 0.331 e. The number of thiophene rings is 1. The largest absolute Gasteiger partial charge is 0.452 e. The van der Waals surface area contributed by atoms with Gasteiger partial charge in [0.05, 0.1) is 0 Å². The second-order valence-corrected chi connectivity index (χ2v) is 6.23. The van der Waals surface area contributed by atoms with Crippen molar-refractivity contribution in [2.45, 2.75) is 38.1 Å². The molecule has 1 aromatic rings. The van der Waals surface area contributed by atoms with Gasteiger partial charge in [-0.15, -0.1) is 11.3 Å². The lowest BCUT2D eigenvalue weighted by molar-refractivity contribution is -0.148. The summed E-state index contributed by atoms with van der Waals surface area (Å²) in [5.41, 5.74) is 0. The second kappa shape index (κ2) is 7.98. The fourth-order valence-electron chi connectivity index (χ4n) is 2.49. The molecule has 0 unspecified atom stereocenters. The van der Waals surface area contributed by atoms with Gasteiger partial charge in [0.25, 0.3) is 5.91 Å². The Hall–Kier alpha value is -1.62. The van der Waals surface area contributed by atoms with Crippen molar-refractivity contribution in [2.24, 2.45) is 0 Å². The summed E-state index contributed by atoms with van der Waals surface area (Å²) in [7, 11) is 1.80. The molecule has 0 radical (unpaired) electrons. The molecule has 1 aliphatic rings. The first-order chi connectivity index (χ1) is 10.2. The maximum atomic E-state index is 12.0. The van der Waals surface area contributed by atoms with Gasteiger partial charge in [0, 0.05) is 24.0 Å². The number of ether oxygens (including phenoxy) is 1. The lowest BCUT2D eigenvalue weighted by Gasteiger charge is -2.31. The molecular formula is C16H21NO3S. The Balaban J connectivity index is 1.73. The summed E-state index contributed by atoms with van der Waals surface area (Å²) >= 11 is 1.54. The van der Waals surface area contributed by atoms with Gasteiger partial charge in [-0.05, 0) is 30.4 Å². The van der Waals surface area contributed by atoms with E-state index < -0.39 is 5.97 Å². The van der Waals surface area contributed by atoms with Crippen molar-refractivity contribution < 1.29 is 14.3 Å². The van der Waals surface area contributed by atoms with Crippen LogP contribution in [0.2, 0.25) is 0 Å². The Morgan fingerprint density at radius 1 is 1.38 bits per heavy atom. The van der Waals surface area contributed by atoms with Crippen molar-refractivity contribution in [3.8, 4) is 0 Å². The number of carbonyl (C=O) groups excluding carboxylic acids is 2. The Bertz CT molecular complexity index is 490. The maximum Gasteiger partial charge on any atom is 0.331 e. The van der Waals surface area contributed by atoms with E-state index in [2.05, 4.69) is 0 Å². The number of likely N-dealkylation sites (N-methyl/N-ethyl adjacent to an activating group) is 1. The molecule has 1 saturated carbocycles. The van der Waals surface area contributed by atoms with Gasteiger partial charge in [0.15, 0.2) is 6.61 Å². The SMILES string of the molecule is CN(C(=O)COC(=O)C=Cc1cccs1)C1CCCCC1. The van der Waals surface area contributed by atoms with Crippen LogP contribution in [-0.4, -0.2) is 36.5 Å². The zero-order valence-electron chi connectivity index (χ0n) is 12.3. The van der Waals surface area contributed by atoms with Crippen LogP contribution in [0, 0.1) is 0 Å². The van der Waals surface area contributed by atoms with Gasteiger partial charge in [-0.3, -0.25) is 4.79 Å². The first-order valence-electron chi connectivity index (χ1n) is 7.31. The van der Waals surface area contributed by atoms with Crippen LogP contribution >= 0.6 is 11.3 Å². The Labute approximate surface area is 129 Å². The average molecular weight is 307 g/mol. The van der Waals surface area contributed by atoms with Gasteiger partial charge in [0.1, 0.15) is 0 Å². The molecule has 0 aromatic carbocycles. The predicted molar refractivity (Wildman–Crippen MR) is 84.0 cm³/mol. The monoisotopic (exact) mass is 307 g/mol. The summed E-state index contributed by atoms with van der Waals surface area (Å²) < 4.78 is 5.00. The Morgan fingerprint density at radius 2 is 2.14 bits per heavy atom. The van der Waals surface area contributed by atoms with Crippen molar-refractivity contribution >= 4 is 29.3 Å². The fourth-order valence-corrected chi connectivity index (χ4v) is 3.11. The van der Waals surface area contributed by atoms with Gasteiger partial charge in [-0.25, -0.2) is 4.79 Å². The minimum absolute atomic E-state index is 0.125.